The van der Waals surface area contributed by atoms with Gasteiger partial charge in [0.05, 0.1) is 6.42 Å². The van der Waals surface area contributed by atoms with E-state index in [0.29, 0.717) is 19.4 Å². The number of hydrogen-bond acceptors (Lipinski definition) is 3. The number of nitrogens with zero attached hydrogens (tertiary/aromatic N) is 1. The van der Waals surface area contributed by atoms with E-state index in [4.69, 9.17) is 11.2 Å². The molecule has 1 saturated heterocycles. The summed E-state index contributed by atoms with van der Waals surface area (Å²) in [6.07, 6.45) is 6.44. The standard InChI is InChI=1S/C17H19NO3/c1-3-10-21-17(20)11-15-8-9-16(19)18(15)12-14-6-4-13(2)5-7-14/h1,4-7,15H,8-12H2,2H3. The van der Waals surface area contributed by atoms with Crippen molar-refractivity contribution in [3.05, 3.63) is 35.4 Å². The molecule has 1 fully saturated rings. The molecule has 4 nitrogen and oxygen atoms in total. The first kappa shape index (κ1) is 15.1. The summed E-state index contributed by atoms with van der Waals surface area (Å²) < 4.78 is 4.89. The fraction of sp³-hybridized carbons (Fsp3) is 0.412. The number of carbonyl (C=O) groups excluding carboxylic acids is 2. The second-order valence-corrected chi connectivity index (χ2v) is 5.27. The predicted octanol–water partition coefficient (Wildman–Crippen LogP) is 2.05. The van der Waals surface area contributed by atoms with Crippen molar-refractivity contribution < 1.29 is 14.3 Å². The zero-order valence-corrected chi connectivity index (χ0v) is 12.2. The Hall–Kier alpha value is -2.28. The van der Waals surface area contributed by atoms with Crippen molar-refractivity contribution >= 4 is 11.9 Å². The highest BCUT2D eigenvalue weighted by Crippen LogP contribution is 2.24. The number of hydrogen-bond donors (Lipinski definition) is 0. The maximum Gasteiger partial charge on any atom is 0.308 e. The smallest absolute Gasteiger partial charge is 0.308 e. The molecule has 1 aliphatic heterocycles. The van der Waals surface area contributed by atoms with Crippen molar-refractivity contribution in [3.8, 4) is 12.3 Å². The second kappa shape index (κ2) is 6.94. The van der Waals surface area contributed by atoms with Gasteiger partial charge in [0.25, 0.3) is 0 Å². The Balaban J connectivity index is 1.98. The summed E-state index contributed by atoms with van der Waals surface area (Å²) >= 11 is 0. The van der Waals surface area contributed by atoms with Crippen molar-refractivity contribution in [2.45, 2.75) is 38.8 Å². The minimum Gasteiger partial charge on any atom is -0.452 e. The van der Waals surface area contributed by atoms with Crippen LogP contribution in [0.15, 0.2) is 24.3 Å². The van der Waals surface area contributed by atoms with Crippen LogP contribution in [0.25, 0.3) is 0 Å². The first-order valence-electron chi connectivity index (χ1n) is 7.04. The number of esters is 1. The molecule has 1 atom stereocenters. The van der Waals surface area contributed by atoms with E-state index >= 15 is 0 Å². The lowest BCUT2D eigenvalue weighted by Gasteiger charge is -2.24. The molecule has 0 bridgehead atoms. The van der Waals surface area contributed by atoms with Crippen LogP contribution in [0.3, 0.4) is 0 Å². The van der Waals surface area contributed by atoms with E-state index in [2.05, 4.69) is 5.92 Å². The van der Waals surface area contributed by atoms with Gasteiger partial charge in [0, 0.05) is 19.0 Å². The van der Waals surface area contributed by atoms with Gasteiger partial charge in [0.2, 0.25) is 5.91 Å². The van der Waals surface area contributed by atoms with Crippen LogP contribution in [0.2, 0.25) is 0 Å². The van der Waals surface area contributed by atoms with Gasteiger partial charge in [0.15, 0.2) is 6.61 Å². The molecule has 0 radical (unpaired) electrons. The van der Waals surface area contributed by atoms with Gasteiger partial charge in [0.1, 0.15) is 0 Å². The number of rotatable bonds is 5. The first-order valence-corrected chi connectivity index (χ1v) is 7.04. The van der Waals surface area contributed by atoms with Gasteiger partial charge in [-0.2, -0.15) is 0 Å². The maximum absolute atomic E-state index is 12.0. The van der Waals surface area contributed by atoms with Gasteiger partial charge in [-0.05, 0) is 18.9 Å². The van der Waals surface area contributed by atoms with E-state index in [1.54, 1.807) is 4.90 Å². The molecular formula is C17H19NO3. The average Bonchev–Trinajstić information content (AvgIpc) is 2.80. The third-order valence-corrected chi connectivity index (χ3v) is 3.64. The number of ether oxygens (including phenoxy) is 1. The first-order chi connectivity index (χ1) is 10.1. The second-order valence-electron chi connectivity index (χ2n) is 5.27. The Bertz CT molecular complexity index is 556. The van der Waals surface area contributed by atoms with Crippen LogP contribution in [-0.2, 0) is 20.9 Å². The number of aryl methyl sites for hydroxylation is 1. The van der Waals surface area contributed by atoms with Crippen molar-refractivity contribution in [1.82, 2.24) is 4.90 Å². The van der Waals surface area contributed by atoms with E-state index in [0.717, 1.165) is 5.56 Å². The molecule has 0 aliphatic carbocycles. The molecule has 1 aromatic rings. The van der Waals surface area contributed by atoms with Gasteiger partial charge in [-0.3, -0.25) is 9.59 Å². The van der Waals surface area contributed by atoms with E-state index < -0.39 is 0 Å². The molecule has 1 heterocycles. The fourth-order valence-electron chi connectivity index (χ4n) is 2.49. The molecule has 4 heteroatoms. The number of benzene rings is 1. The summed E-state index contributed by atoms with van der Waals surface area (Å²) in [7, 11) is 0. The van der Waals surface area contributed by atoms with Crippen LogP contribution in [0.4, 0.5) is 0 Å². The number of amides is 1. The predicted molar refractivity (Wildman–Crippen MR) is 79.2 cm³/mol. The molecule has 110 valence electrons. The summed E-state index contributed by atoms with van der Waals surface area (Å²) in [4.78, 5) is 25.4. The van der Waals surface area contributed by atoms with Crippen molar-refractivity contribution in [1.29, 1.82) is 0 Å². The molecule has 1 amide bonds. The largest absolute Gasteiger partial charge is 0.452 e. The Labute approximate surface area is 125 Å². The summed E-state index contributed by atoms with van der Waals surface area (Å²) in [5.74, 6) is 2.01. The number of carbonyl (C=O) groups is 2. The quantitative estimate of drug-likeness (QED) is 0.614. The zero-order valence-electron chi connectivity index (χ0n) is 12.2. The van der Waals surface area contributed by atoms with Gasteiger partial charge in [-0.25, -0.2) is 0 Å². The van der Waals surface area contributed by atoms with E-state index in [-0.39, 0.29) is 30.9 Å². The number of likely N-dealkylation sites (tertiary alicyclic amines) is 1. The Kier molecular flexibility index (Phi) is 4.99. The van der Waals surface area contributed by atoms with E-state index in [1.807, 2.05) is 31.2 Å². The van der Waals surface area contributed by atoms with E-state index in [1.165, 1.54) is 5.56 Å². The highest BCUT2D eigenvalue weighted by molar-refractivity contribution is 5.80. The van der Waals surface area contributed by atoms with Crippen molar-refractivity contribution in [3.63, 3.8) is 0 Å². The van der Waals surface area contributed by atoms with Gasteiger partial charge in [-0.15, -0.1) is 6.42 Å². The lowest BCUT2D eigenvalue weighted by atomic mass is 10.1. The average molecular weight is 285 g/mol. The fourth-order valence-corrected chi connectivity index (χ4v) is 2.49. The van der Waals surface area contributed by atoms with Gasteiger partial charge >= 0.3 is 5.97 Å². The zero-order chi connectivity index (χ0) is 15.2. The Morgan fingerprint density at radius 2 is 2.14 bits per heavy atom. The Morgan fingerprint density at radius 3 is 2.81 bits per heavy atom. The van der Waals surface area contributed by atoms with Gasteiger partial charge < -0.3 is 9.64 Å². The molecule has 0 aromatic heterocycles. The summed E-state index contributed by atoms with van der Waals surface area (Å²) in [5, 5.41) is 0. The van der Waals surface area contributed by atoms with Crippen molar-refractivity contribution in [2.24, 2.45) is 0 Å². The highest BCUT2D eigenvalue weighted by atomic mass is 16.5. The molecule has 0 saturated carbocycles. The van der Waals surface area contributed by atoms with Crippen LogP contribution >= 0.6 is 0 Å². The molecule has 2 rings (SSSR count). The maximum atomic E-state index is 12.0. The summed E-state index contributed by atoms with van der Waals surface area (Å²) in [6.45, 7) is 2.54. The topological polar surface area (TPSA) is 46.6 Å². The molecule has 1 aromatic carbocycles. The minimum atomic E-state index is -0.346. The third kappa shape index (κ3) is 4.09. The molecular weight excluding hydrogens is 266 g/mol. The lowest BCUT2D eigenvalue weighted by Crippen LogP contribution is -2.34. The monoisotopic (exact) mass is 285 g/mol. The molecule has 21 heavy (non-hydrogen) atoms. The minimum absolute atomic E-state index is 0.0164. The third-order valence-electron chi connectivity index (χ3n) is 3.64. The molecule has 1 aliphatic rings. The summed E-state index contributed by atoms with van der Waals surface area (Å²) in [6, 6.07) is 7.96. The normalized spacial score (nSPS) is 17.6. The molecule has 0 N–H and O–H groups in total. The van der Waals surface area contributed by atoms with Crippen molar-refractivity contribution in [2.75, 3.05) is 6.61 Å². The summed E-state index contributed by atoms with van der Waals surface area (Å²) in [5.41, 5.74) is 2.25. The Morgan fingerprint density at radius 1 is 1.43 bits per heavy atom. The van der Waals surface area contributed by atoms with Gasteiger partial charge in [-0.1, -0.05) is 35.7 Å². The highest BCUT2D eigenvalue weighted by Gasteiger charge is 2.32. The van der Waals surface area contributed by atoms with Crippen LogP contribution in [0.1, 0.15) is 30.4 Å². The van der Waals surface area contributed by atoms with E-state index in [9.17, 15) is 9.59 Å². The molecule has 1 unspecified atom stereocenters. The molecule has 0 spiro atoms. The van der Waals surface area contributed by atoms with Crippen LogP contribution in [-0.4, -0.2) is 29.4 Å². The van der Waals surface area contributed by atoms with Crippen LogP contribution in [0, 0.1) is 19.3 Å². The SMILES string of the molecule is C#CCOC(=O)CC1CCC(=O)N1Cc1ccc(C)cc1. The van der Waals surface area contributed by atoms with Crippen LogP contribution in [0.5, 0.6) is 0 Å². The van der Waals surface area contributed by atoms with Crippen LogP contribution < -0.4 is 0 Å². The number of terminal acetylenes is 1. The lowest BCUT2D eigenvalue weighted by molar-refractivity contribution is -0.144.